The summed E-state index contributed by atoms with van der Waals surface area (Å²) in [7, 11) is 0. The standard InChI is InChI=1S/C17H16ClF3N6O/c1-2-9(16(28)24-7-17(19,20)21)3-13-25-8-26-15(27-13)12-6-23-14-11(12)4-10(18)5-22-14/h4-6,8-9H,2-3,7H2,1H3,(H,22,23)(H,24,28). The predicted octanol–water partition coefficient (Wildman–Crippen LogP) is 3.32. The van der Waals surface area contributed by atoms with Gasteiger partial charge in [0.1, 0.15) is 24.3 Å². The number of H-pyrrole nitrogens is 1. The van der Waals surface area contributed by atoms with Gasteiger partial charge in [-0.25, -0.2) is 19.9 Å². The molecule has 0 fully saturated rings. The second kappa shape index (κ2) is 8.09. The van der Waals surface area contributed by atoms with Crippen LogP contribution in [0.15, 0.2) is 24.8 Å². The number of alkyl halides is 3. The van der Waals surface area contributed by atoms with E-state index in [4.69, 9.17) is 11.6 Å². The predicted molar refractivity (Wildman–Crippen MR) is 96.5 cm³/mol. The third-order valence-electron chi connectivity index (χ3n) is 4.12. The molecule has 0 radical (unpaired) electrons. The first kappa shape index (κ1) is 20.0. The maximum Gasteiger partial charge on any atom is 0.405 e. The van der Waals surface area contributed by atoms with Gasteiger partial charge in [0.2, 0.25) is 5.91 Å². The van der Waals surface area contributed by atoms with E-state index in [9.17, 15) is 18.0 Å². The van der Waals surface area contributed by atoms with E-state index in [1.54, 1.807) is 19.2 Å². The number of hydrogen-bond acceptors (Lipinski definition) is 5. The van der Waals surface area contributed by atoms with Crippen LogP contribution in [0.4, 0.5) is 13.2 Å². The molecule has 0 aliphatic carbocycles. The number of nitrogens with zero attached hydrogens (tertiary/aromatic N) is 4. The number of aromatic amines is 1. The van der Waals surface area contributed by atoms with Gasteiger partial charge >= 0.3 is 6.18 Å². The molecule has 3 aromatic heterocycles. The number of pyridine rings is 1. The fraction of sp³-hybridized carbons (Fsp3) is 0.353. The Kier molecular flexibility index (Phi) is 5.78. The van der Waals surface area contributed by atoms with Crippen molar-refractivity contribution >= 4 is 28.5 Å². The van der Waals surface area contributed by atoms with Crippen molar-refractivity contribution in [2.24, 2.45) is 5.92 Å². The highest BCUT2D eigenvalue weighted by molar-refractivity contribution is 6.31. The van der Waals surface area contributed by atoms with Crippen molar-refractivity contribution < 1.29 is 18.0 Å². The van der Waals surface area contributed by atoms with Gasteiger partial charge in [0.15, 0.2) is 5.82 Å². The summed E-state index contributed by atoms with van der Waals surface area (Å²) >= 11 is 6.00. The summed E-state index contributed by atoms with van der Waals surface area (Å²) in [5.41, 5.74) is 1.27. The van der Waals surface area contributed by atoms with Gasteiger partial charge in [-0.05, 0) is 12.5 Å². The normalized spacial score (nSPS) is 12.9. The highest BCUT2D eigenvalue weighted by Crippen LogP contribution is 2.27. The quantitative estimate of drug-likeness (QED) is 0.647. The molecule has 148 valence electrons. The van der Waals surface area contributed by atoms with E-state index in [2.05, 4.69) is 24.9 Å². The first-order valence-electron chi connectivity index (χ1n) is 8.42. The molecule has 2 N–H and O–H groups in total. The topological polar surface area (TPSA) is 96.4 Å². The van der Waals surface area contributed by atoms with Crippen LogP contribution in [-0.4, -0.2) is 43.5 Å². The minimum absolute atomic E-state index is 0.0943. The number of carbonyl (C=O) groups is 1. The average molecular weight is 413 g/mol. The molecule has 3 heterocycles. The molecule has 28 heavy (non-hydrogen) atoms. The van der Waals surface area contributed by atoms with E-state index in [1.165, 1.54) is 12.5 Å². The highest BCUT2D eigenvalue weighted by atomic mass is 35.5. The summed E-state index contributed by atoms with van der Waals surface area (Å²) in [6.07, 6.45) is 0.469. The van der Waals surface area contributed by atoms with Crippen molar-refractivity contribution in [2.75, 3.05) is 6.54 Å². The van der Waals surface area contributed by atoms with Crippen LogP contribution in [0, 0.1) is 5.92 Å². The van der Waals surface area contributed by atoms with Gasteiger partial charge in [0, 0.05) is 35.7 Å². The molecular weight excluding hydrogens is 397 g/mol. The molecule has 0 saturated heterocycles. The van der Waals surface area contributed by atoms with Gasteiger partial charge in [0.25, 0.3) is 0 Å². The summed E-state index contributed by atoms with van der Waals surface area (Å²) in [4.78, 5) is 31.8. The van der Waals surface area contributed by atoms with E-state index < -0.39 is 24.5 Å². The Morgan fingerprint density at radius 3 is 2.82 bits per heavy atom. The van der Waals surface area contributed by atoms with Gasteiger partial charge in [-0.1, -0.05) is 18.5 Å². The van der Waals surface area contributed by atoms with Gasteiger partial charge in [-0.15, -0.1) is 0 Å². The molecule has 0 spiro atoms. The smallest absolute Gasteiger partial charge is 0.347 e. The number of amides is 1. The monoisotopic (exact) mass is 412 g/mol. The third kappa shape index (κ3) is 4.75. The maximum atomic E-state index is 12.3. The van der Waals surface area contributed by atoms with Gasteiger partial charge in [-0.2, -0.15) is 13.2 Å². The Balaban J connectivity index is 1.80. The lowest BCUT2D eigenvalue weighted by Gasteiger charge is -2.15. The van der Waals surface area contributed by atoms with Crippen LogP contribution in [0.2, 0.25) is 5.02 Å². The van der Waals surface area contributed by atoms with Crippen LogP contribution in [0.1, 0.15) is 19.2 Å². The SMILES string of the molecule is CCC(Cc1ncnc(-c2c[nH]c3ncc(Cl)cc23)n1)C(=O)NCC(F)(F)F. The van der Waals surface area contributed by atoms with Crippen molar-refractivity contribution in [3.8, 4) is 11.4 Å². The number of rotatable bonds is 6. The average Bonchev–Trinajstić information content (AvgIpc) is 3.07. The van der Waals surface area contributed by atoms with E-state index in [1.807, 2.05) is 5.32 Å². The highest BCUT2D eigenvalue weighted by Gasteiger charge is 2.29. The second-order valence-corrected chi connectivity index (χ2v) is 6.56. The fourth-order valence-electron chi connectivity index (χ4n) is 2.70. The summed E-state index contributed by atoms with van der Waals surface area (Å²) < 4.78 is 36.9. The van der Waals surface area contributed by atoms with Crippen LogP contribution in [0.25, 0.3) is 22.4 Å². The summed E-state index contributed by atoms with van der Waals surface area (Å²) in [6.45, 7) is 0.348. The lowest BCUT2D eigenvalue weighted by atomic mass is 10.0. The molecule has 11 heteroatoms. The van der Waals surface area contributed by atoms with Crippen molar-refractivity contribution in [1.82, 2.24) is 30.2 Å². The number of nitrogens with one attached hydrogen (secondary N) is 2. The second-order valence-electron chi connectivity index (χ2n) is 6.12. The number of carbonyl (C=O) groups excluding carboxylic acids is 1. The Labute approximate surface area is 162 Å². The minimum Gasteiger partial charge on any atom is -0.347 e. The van der Waals surface area contributed by atoms with E-state index >= 15 is 0 Å². The summed E-state index contributed by atoms with van der Waals surface area (Å²) in [5, 5.41) is 3.08. The Bertz CT molecular complexity index is 990. The largest absolute Gasteiger partial charge is 0.405 e. The third-order valence-corrected chi connectivity index (χ3v) is 4.32. The number of hydrogen-bond donors (Lipinski definition) is 2. The van der Waals surface area contributed by atoms with Crippen LogP contribution < -0.4 is 5.32 Å². The van der Waals surface area contributed by atoms with Gasteiger partial charge < -0.3 is 10.3 Å². The first-order valence-corrected chi connectivity index (χ1v) is 8.80. The molecule has 0 saturated carbocycles. The van der Waals surface area contributed by atoms with E-state index in [0.29, 0.717) is 34.3 Å². The molecule has 1 unspecified atom stereocenters. The zero-order valence-electron chi connectivity index (χ0n) is 14.7. The molecule has 0 aliphatic heterocycles. The van der Waals surface area contributed by atoms with Crippen molar-refractivity contribution in [1.29, 1.82) is 0 Å². The lowest BCUT2D eigenvalue weighted by molar-refractivity contribution is -0.140. The summed E-state index contributed by atoms with van der Waals surface area (Å²) in [6, 6.07) is 1.72. The Morgan fingerprint density at radius 2 is 2.11 bits per heavy atom. The number of halogens is 4. The fourth-order valence-corrected chi connectivity index (χ4v) is 2.85. The molecule has 1 atom stereocenters. The Morgan fingerprint density at radius 1 is 1.32 bits per heavy atom. The molecule has 0 aromatic carbocycles. The number of aromatic nitrogens is 5. The molecule has 3 rings (SSSR count). The zero-order chi connectivity index (χ0) is 20.3. The molecule has 0 aliphatic rings. The van der Waals surface area contributed by atoms with Gasteiger partial charge in [0.05, 0.1) is 5.02 Å². The molecule has 3 aromatic rings. The van der Waals surface area contributed by atoms with E-state index in [-0.39, 0.29) is 6.42 Å². The minimum atomic E-state index is -4.46. The van der Waals surface area contributed by atoms with Gasteiger partial charge in [-0.3, -0.25) is 4.79 Å². The van der Waals surface area contributed by atoms with Crippen LogP contribution in [0.5, 0.6) is 0 Å². The van der Waals surface area contributed by atoms with Crippen molar-refractivity contribution in [3.63, 3.8) is 0 Å². The molecule has 7 nitrogen and oxygen atoms in total. The lowest BCUT2D eigenvalue weighted by Crippen LogP contribution is -2.38. The van der Waals surface area contributed by atoms with Crippen molar-refractivity contribution in [2.45, 2.75) is 25.9 Å². The first-order chi connectivity index (χ1) is 13.3. The molecule has 0 bridgehead atoms. The van der Waals surface area contributed by atoms with Crippen molar-refractivity contribution in [3.05, 3.63) is 35.6 Å². The Hall–Kier alpha value is -2.75. The maximum absolute atomic E-state index is 12.3. The number of fused-ring (bicyclic) bond motifs is 1. The van der Waals surface area contributed by atoms with Crippen LogP contribution in [-0.2, 0) is 11.2 Å². The van der Waals surface area contributed by atoms with E-state index in [0.717, 1.165) is 5.39 Å². The zero-order valence-corrected chi connectivity index (χ0v) is 15.5. The van der Waals surface area contributed by atoms with Crippen LogP contribution >= 0.6 is 11.6 Å². The van der Waals surface area contributed by atoms with Crippen LogP contribution in [0.3, 0.4) is 0 Å². The molecular formula is C17H16ClF3N6O. The summed E-state index contributed by atoms with van der Waals surface area (Å²) in [5.74, 6) is -0.712. The molecule has 1 amide bonds.